The molecule has 0 spiro atoms. The van der Waals surface area contributed by atoms with Crippen LogP contribution in [0.3, 0.4) is 0 Å². The molecule has 0 aliphatic carbocycles. The average molecular weight is 294 g/mol. The minimum Gasteiger partial charge on any atom is -0.494 e. The number of rotatable bonds is 3. The van der Waals surface area contributed by atoms with Gasteiger partial charge in [-0.3, -0.25) is 4.98 Å². The predicted octanol–water partition coefficient (Wildman–Crippen LogP) is 3.31. The van der Waals surface area contributed by atoms with Gasteiger partial charge in [-0.05, 0) is 37.3 Å². The second kappa shape index (κ2) is 5.44. The first-order valence-corrected chi connectivity index (χ1v) is 6.75. The lowest BCUT2D eigenvalue weighted by Gasteiger charge is -2.11. The lowest BCUT2D eigenvalue weighted by molar-refractivity contribution is 0.0697. The fraction of sp³-hybridized carbons (Fsp3) is 0.118. The Bertz CT molecular complexity index is 875. The van der Waals surface area contributed by atoms with Crippen molar-refractivity contribution in [1.82, 2.24) is 9.97 Å². The van der Waals surface area contributed by atoms with E-state index in [0.717, 1.165) is 16.6 Å². The van der Waals surface area contributed by atoms with Gasteiger partial charge in [-0.1, -0.05) is 6.07 Å². The zero-order chi connectivity index (χ0) is 15.7. The zero-order valence-corrected chi connectivity index (χ0v) is 12.2. The summed E-state index contributed by atoms with van der Waals surface area (Å²) in [4.78, 5) is 20.2. The Balaban J connectivity index is 2.36. The number of hydrogen-bond donors (Lipinski definition) is 1. The van der Waals surface area contributed by atoms with E-state index in [1.165, 1.54) is 0 Å². The van der Waals surface area contributed by atoms with Crippen molar-refractivity contribution >= 4 is 16.9 Å². The number of carboxylic acid groups (broad SMARTS) is 1. The van der Waals surface area contributed by atoms with Gasteiger partial charge in [-0.2, -0.15) is 0 Å². The number of ether oxygens (including phenoxy) is 1. The number of aryl methyl sites for hydroxylation is 1. The maximum absolute atomic E-state index is 11.4. The Kier molecular flexibility index (Phi) is 3.47. The summed E-state index contributed by atoms with van der Waals surface area (Å²) in [5.41, 5.74) is 2.87. The third-order valence-corrected chi connectivity index (χ3v) is 3.47. The second-order valence-corrected chi connectivity index (χ2v) is 4.87. The van der Waals surface area contributed by atoms with Crippen LogP contribution in [-0.2, 0) is 0 Å². The van der Waals surface area contributed by atoms with Crippen LogP contribution in [0.1, 0.15) is 16.1 Å². The van der Waals surface area contributed by atoms with Gasteiger partial charge in [0.2, 0.25) is 0 Å². The number of fused-ring (bicyclic) bond motifs is 1. The molecule has 22 heavy (non-hydrogen) atoms. The van der Waals surface area contributed by atoms with Crippen LogP contribution in [0.2, 0.25) is 0 Å². The fourth-order valence-electron chi connectivity index (χ4n) is 2.45. The Morgan fingerprint density at radius 1 is 1.18 bits per heavy atom. The topological polar surface area (TPSA) is 72.3 Å². The second-order valence-electron chi connectivity index (χ2n) is 4.87. The number of hydrogen-bond acceptors (Lipinski definition) is 4. The van der Waals surface area contributed by atoms with E-state index in [0.29, 0.717) is 17.0 Å². The highest BCUT2D eigenvalue weighted by Crippen LogP contribution is 2.34. The number of nitrogens with zero attached hydrogens (tertiary/aromatic N) is 2. The van der Waals surface area contributed by atoms with Gasteiger partial charge in [0.25, 0.3) is 0 Å². The number of carboxylic acids is 1. The lowest BCUT2D eigenvalue weighted by atomic mass is 10.0. The molecule has 0 unspecified atom stereocenters. The van der Waals surface area contributed by atoms with E-state index in [1.807, 2.05) is 25.1 Å². The molecule has 3 aromatic rings. The fourth-order valence-corrected chi connectivity index (χ4v) is 2.45. The van der Waals surface area contributed by atoms with Crippen LogP contribution in [0.5, 0.6) is 5.75 Å². The van der Waals surface area contributed by atoms with Crippen molar-refractivity contribution in [3.63, 3.8) is 0 Å². The lowest BCUT2D eigenvalue weighted by Crippen LogP contribution is -2.02. The third kappa shape index (κ3) is 2.26. The Hall–Kier alpha value is -2.95. The van der Waals surface area contributed by atoms with Crippen molar-refractivity contribution in [2.45, 2.75) is 6.92 Å². The molecule has 0 radical (unpaired) electrons. The van der Waals surface area contributed by atoms with Crippen molar-refractivity contribution in [3.8, 4) is 17.0 Å². The molecular formula is C17H14N2O3. The SMILES string of the molecule is COc1ccc(-c2ncccc2C(=O)O)c2ccc(C)nc12. The third-order valence-electron chi connectivity index (χ3n) is 3.47. The predicted molar refractivity (Wildman–Crippen MR) is 83.2 cm³/mol. The first-order valence-electron chi connectivity index (χ1n) is 6.75. The molecule has 5 heteroatoms. The molecule has 0 aliphatic rings. The van der Waals surface area contributed by atoms with E-state index in [2.05, 4.69) is 9.97 Å². The highest BCUT2D eigenvalue weighted by atomic mass is 16.5. The van der Waals surface area contributed by atoms with Gasteiger partial charge >= 0.3 is 5.97 Å². The van der Waals surface area contributed by atoms with E-state index in [1.54, 1.807) is 31.5 Å². The molecule has 2 heterocycles. The summed E-state index contributed by atoms with van der Waals surface area (Å²) >= 11 is 0. The molecule has 0 aliphatic heterocycles. The van der Waals surface area contributed by atoms with Crippen LogP contribution in [0.4, 0.5) is 0 Å². The van der Waals surface area contributed by atoms with Gasteiger partial charge in [-0.15, -0.1) is 0 Å². The number of benzene rings is 1. The van der Waals surface area contributed by atoms with Crippen molar-refractivity contribution in [2.24, 2.45) is 0 Å². The molecule has 0 fully saturated rings. The van der Waals surface area contributed by atoms with Crippen molar-refractivity contribution in [1.29, 1.82) is 0 Å². The van der Waals surface area contributed by atoms with Crippen molar-refractivity contribution < 1.29 is 14.6 Å². The molecule has 110 valence electrons. The monoisotopic (exact) mass is 294 g/mol. The number of carbonyl (C=O) groups is 1. The van der Waals surface area contributed by atoms with E-state index in [-0.39, 0.29) is 5.56 Å². The molecular weight excluding hydrogens is 280 g/mol. The first kappa shape index (κ1) is 14.0. The molecule has 0 saturated carbocycles. The molecule has 5 nitrogen and oxygen atoms in total. The van der Waals surface area contributed by atoms with Gasteiger partial charge in [0, 0.05) is 22.8 Å². The van der Waals surface area contributed by atoms with Crippen molar-refractivity contribution in [3.05, 3.63) is 53.9 Å². The zero-order valence-electron chi connectivity index (χ0n) is 12.2. The van der Waals surface area contributed by atoms with Crippen LogP contribution >= 0.6 is 0 Å². The number of methoxy groups -OCH3 is 1. The Labute approximate surface area is 127 Å². The summed E-state index contributed by atoms with van der Waals surface area (Å²) < 4.78 is 5.35. The molecule has 0 atom stereocenters. The standard InChI is InChI=1S/C17H14N2O3/c1-10-5-6-12-11(7-8-14(22-2)16(12)19-10)15-13(17(20)21)4-3-9-18-15/h3-9H,1-2H3,(H,20,21). The molecule has 0 saturated heterocycles. The number of aromatic nitrogens is 2. The minimum absolute atomic E-state index is 0.162. The van der Waals surface area contributed by atoms with Crippen LogP contribution in [0.25, 0.3) is 22.2 Å². The number of aromatic carboxylic acids is 1. The van der Waals surface area contributed by atoms with Crippen LogP contribution in [0.15, 0.2) is 42.6 Å². The molecule has 1 N–H and O–H groups in total. The van der Waals surface area contributed by atoms with E-state index in [4.69, 9.17) is 4.74 Å². The Morgan fingerprint density at radius 2 is 2.00 bits per heavy atom. The summed E-state index contributed by atoms with van der Waals surface area (Å²) in [5, 5.41) is 10.2. The molecule has 0 bridgehead atoms. The highest BCUT2D eigenvalue weighted by Gasteiger charge is 2.16. The molecule has 3 rings (SSSR count). The Morgan fingerprint density at radius 3 is 2.73 bits per heavy atom. The van der Waals surface area contributed by atoms with Gasteiger partial charge < -0.3 is 9.84 Å². The van der Waals surface area contributed by atoms with E-state index < -0.39 is 5.97 Å². The van der Waals surface area contributed by atoms with E-state index in [9.17, 15) is 9.90 Å². The normalized spacial score (nSPS) is 10.6. The molecule has 0 amide bonds. The summed E-state index contributed by atoms with van der Waals surface area (Å²) in [7, 11) is 1.59. The minimum atomic E-state index is -1.01. The average Bonchev–Trinajstić information content (AvgIpc) is 2.53. The summed E-state index contributed by atoms with van der Waals surface area (Å²) in [5.74, 6) is -0.359. The van der Waals surface area contributed by atoms with Crippen molar-refractivity contribution in [2.75, 3.05) is 7.11 Å². The van der Waals surface area contributed by atoms with Gasteiger partial charge in [0.15, 0.2) is 0 Å². The highest BCUT2D eigenvalue weighted by molar-refractivity contribution is 6.03. The van der Waals surface area contributed by atoms with Gasteiger partial charge in [-0.25, -0.2) is 9.78 Å². The summed E-state index contributed by atoms with van der Waals surface area (Å²) in [6.45, 7) is 1.90. The maximum Gasteiger partial charge on any atom is 0.337 e. The summed E-state index contributed by atoms with van der Waals surface area (Å²) in [6.07, 6.45) is 1.58. The largest absolute Gasteiger partial charge is 0.494 e. The first-order chi connectivity index (χ1) is 10.6. The van der Waals surface area contributed by atoms with Gasteiger partial charge in [0.05, 0.1) is 18.4 Å². The molecule has 2 aromatic heterocycles. The maximum atomic E-state index is 11.4. The number of pyridine rings is 2. The summed E-state index contributed by atoms with van der Waals surface area (Å²) in [6, 6.07) is 10.5. The van der Waals surface area contributed by atoms with Gasteiger partial charge in [0.1, 0.15) is 11.3 Å². The van der Waals surface area contributed by atoms with Crippen LogP contribution in [-0.4, -0.2) is 28.2 Å². The quantitative estimate of drug-likeness (QED) is 0.802. The van der Waals surface area contributed by atoms with Crippen LogP contribution < -0.4 is 4.74 Å². The van der Waals surface area contributed by atoms with E-state index >= 15 is 0 Å². The smallest absolute Gasteiger partial charge is 0.337 e. The molecule has 1 aromatic carbocycles. The van der Waals surface area contributed by atoms with Crippen LogP contribution in [0, 0.1) is 6.92 Å².